The summed E-state index contributed by atoms with van der Waals surface area (Å²) in [5.74, 6) is -0.700. The fraction of sp³-hybridized carbons (Fsp3) is 0.556. The van der Waals surface area contributed by atoms with Gasteiger partial charge in [-0.2, -0.15) is 0 Å². The van der Waals surface area contributed by atoms with Gasteiger partial charge in [0.15, 0.2) is 27.9 Å². The molecule has 1 aromatic carbocycles. The van der Waals surface area contributed by atoms with Gasteiger partial charge in [-0.15, -0.1) is 0 Å². The Morgan fingerprint density at radius 3 is 2.61 bits per heavy atom. The highest BCUT2D eigenvalue weighted by Gasteiger charge is 2.29. The zero-order valence-corrected chi connectivity index (χ0v) is 17.4. The molecule has 8 nitrogen and oxygen atoms in total. The van der Waals surface area contributed by atoms with E-state index in [0.29, 0.717) is 31.1 Å². The Bertz CT molecular complexity index is 825. The smallest absolute Gasteiger partial charge is 0.338 e. The van der Waals surface area contributed by atoms with Crippen LogP contribution in [-0.4, -0.2) is 57.7 Å². The summed E-state index contributed by atoms with van der Waals surface area (Å²) in [6, 6.07) is 2.38. The van der Waals surface area contributed by atoms with Crippen molar-refractivity contribution in [2.75, 3.05) is 31.3 Å². The molecule has 0 unspecified atom stereocenters. The minimum Gasteiger partial charge on any atom is -0.490 e. The van der Waals surface area contributed by atoms with Crippen molar-refractivity contribution in [1.82, 2.24) is 5.32 Å². The Morgan fingerprint density at radius 1 is 1.25 bits per heavy atom. The number of nitrogens with one attached hydrogen (secondary N) is 1. The number of ether oxygens (including phenoxy) is 3. The normalized spacial score (nSPS) is 17.8. The van der Waals surface area contributed by atoms with Crippen LogP contribution >= 0.6 is 11.6 Å². The molecule has 1 aliphatic heterocycles. The van der Waals surface area contributed by atoms with Crippen LogP contribution in [0.2, 0.25) is 5.02 Å². The zero-order chi connectivity index (χ0) is 20.7. The van der Waals surface area contributed by atoms with Gasteiger partial charge in [-0.05, 0) is 31.9 Å². The lowest BCUT2D eigenvalue weighted by atomic mass is 10.2. The molecule has 1 saturated heterocycles. The summed E-state index contributed by atoms with van der Waals surface area (Å²) in [5, 5.41) is 2.75. The fourth-order valence-corrected chi connectivity index (χ4v) is 4.62. The summed E-state index contributed by atoms with van der Waals surface area (Å²) in [6.45, 7) is 4.01. The molecule has 156 valence electrons. The van der Waals surface area contributed by atoms with Gasteiger partial charge in [0.1, 0.15) is 0 Å². The number of amides is 1. The number of benzene rings is 1. The van der Waals surface area contributed by atoms with E-state index in [1.165, 1.54) is 12.1 Å². The second-order valence-corrected chi connectivity index (χ2v) is 8.95. The standard InChI is InChI=1S/C18H24ClNO7S/c1-3-6-26-17-14(19)8-12(9-15(17)25-4-2)18(22)27-10-16(21)20-13-5-7-28(23,24)11-13/h8-9,13H,3-7,10-11H2,1-2H3,(H,20,21)/t13-/m0/s1. The van der Waals surface area contributed by atoms with Crippen molar-refractivity contribution in [3.05, 3.63) is 22.7 Å². The number of carbonyl (C=O) groups is 2. The molecule has 0 spiro atoms. The van der Waals surface area contributed by atoms with Crippen molar-refractivity contribution in [2.45, 2.75) is 32.7 Å². The van der Waals surface area contributed by atoms with Crippen molar-refractivity contribution >= 4 is 33.3 Å². The van der Waals surface area contributed by atoms with Gasteiger partial charge < -0.3 is 19.5 Å². The number of halogens is 1. The molecule has 1 fully saturated rings. The first-order chi connectivity index (χ1) is 13.3. The van der Waals surface area contributed by atoms with Gasteiger partial charge in [0.25, 0.3) is 5.91 Å². The largest absolute Gasteiger partial charge is 0.490 e. The number of hydrogen-bond acceptors (Lipinski definition) is 7. The van der Waals surface area contributed by atoms with E-state index < -0.39 is 34.4 Å². The monoisotopic (exact) mass is 433 g/mol. The Labute approximate surface area is 169 Å². The van der Waals surface area contributed by atoms with Crippen molar-refractivity contribution in [3.63, 3.8) is 0 Å². The van der Waals surface area contributed by atoms with Crippen LogP contribution in [0.1, 0.15) is 37.0 Å². The number of sulfone groups is 1. The topological polar surface area (TPSA) is 108 Å². The van der Waals surface area contributed by atoms with Gasteiger partial charge >= 0.3 is 5.97 Å². The fourth-order valence-electron chi connectivity index (χ4n) is 2.69. The molecule has 10 heteroatoms. The molecule has 1 heterocycles. The highest BCUT2D eigenvalue weighted by molar-refractivity contribution is 7.91. The van der Waals surface area contributed by atoms with E-state index in [1.54, 1.807) is 6.92 Å². The number of hydrogen-bond donors (Lipinski definition) is 1. The Morgan fingerprint density at radius 2 is 2.00 bits per heavy atom. The summed E-state index contributed by atoms with van der Waals surface area (Å²) in [4.78, 5) is 24.2. The summed E-state index contributed by atoms with van der Waals surface area (Å²) < 4.78 is 38.9. The van der Waals surface area contributed by atoms with Gasteiger partial charge in [0, 0.05) is 6.04 Å². The second kappa shape index (κ2) is 9.97. The number of rotatable bonds is 9. The van der Waals surface area contributed by atoms with Gasteiger partial charge in [-0.3, -0.25) is 4.79 Å². The maximum Gasteiger partial charge on any atom is 0.338 e. The lowest BCUT2D eigenvalue weighted by molar-refractivity contribution is -0.124. The molecule has 0 saturated carbocycles. The van der Waals surface area contributed by atoms with Crippen LogP contribution < -0.4 is 14.8 Å². The van der Waals surface area contributed by atoms with E-state index in [-0.39, 0.29) is 22.1 Å². The lowest BCUT2D eigenvalue weighted by Gasteiger charge is -2.15. The molecule has 1 amide bonds. The SMILES string of the molecule is CCCOc1c(Cl)cc(C(=O)OCC(=O)N[C@H]2CCS(=O)(=O)C2)cc1OCC. The van der Waals surface area contributed by atoms with E-state index >= 15 is 0 Å². The van der Waals surface area contributed by atoms with E-state index in [1.807, 2.05) is 6.92 Å². The third-order valence-corrected chi connectivity index (χ3v) is 5.98. The first-order valence-corrected chi connectivity index (χ1v) is 11.2. The molecule has 1 aromatic rings. The molecular formula is C18H24ClNO7S. The zero-order valence-electron chi connectivity index (χ0n) is 15.8. The summed E-state index contributed by atoms with van der Waals surface area (Å²) in [5.41, 5.74) is 0.119. The summed E-state index contributed by atoms with van der Waals surface area (Å²) >= 11 is 6.20. The maximum atomic E-state index is 12.3. The molecule has 0 aromatic heterocycles. The molecule has 1 N–H and O–H groups in total. The Hall–Kier alpha value is -2.00. The second-order valence-electron chi connectivity index (χ2n) is 6.31. The van der Waals surface area contributed by atoms with E-state index in [2.05, 4.69) is 5.32 Å². The molecule has 1 atom stereocenters. The molecule has 1 aliphatic rings. The quantitative estimate of drug-likeness (QED) is 0.593. The van der Waals surface area contributed by atoms with Crippen LogP contribution in [0.3, 0.4) is 0 Å². The van der Waals surface area contributed by atoms with Gasteiger partial charge in [0.05, 0.1) is 35.3 Å². The van der Waals surface area contributed by atoms with E-state index in [9.17, 15) is 18.0 Å². The highest BCUT2D eigenvalue weighted by atomic mass is 35.5. The minimum absolute atomic E-state index is 0.0445. The van der Waals surface area contributed by atoms with Crippen molar-refractivity contribution in [1.29, 1.82) is 0 Å². The van der Waals surface area contributed by atoms with Crippen molar-refractivity contribution < 1.29 is 32.2 Å². The highest BCUT2D eigenvalue weighted by Crippen LogP contribution is 2.37. The molecule has 0 aliphatic carbocycles. The third-order valence-electron chi connectivity index (χ3n) is 3.93. The van der Waals surface area contributed by atoms with E-state index in [4.69, 9.17) is 25.8 Å². The van der Waals surface area contributed by atoms with E-state index in [0.717, 1.165) is 6.42 Å². The molecule has 2 rings (SSSR count). The van der Waals surface area contributed by atoms with Gasteiger partial charge in [-0.25, -0.2) is 13.2 Å². The number of esters is 1. The van der Waals surface area contributed by atoms with Crippen molar-refractivity contribution in [2.24, 2.45) is 0 Å². The van der Waals surface area contributed by atoms with Crippen molar-refractivity contribution in [3.8, 4) is 11.5 Å². The third kappa shape index (κ3) is 6.27. The van der Waals surface area contributed by atoms with Gasteiger partial charge in [-0.1, -0.05) is 18.5 Å². The van der Waals surface area contributed by atoms with Crippen LogP contribution in [0, 0.1) is 0 Å². The Balaban J connectivity index is 1.98. The predicted octanol–water partition coefficient (Wildman–Crippen LogP) is 1.99. The molecule has 28 heavy (non-hydrogen) atoms. The van der Waals surface area contributed by atoms with Gasteiger partial charge in [0.2, 0.25) is 0 Å². The Kier molecular flexibility index (Phi) is 7.94. The first kappa shape index (κ1) is 22.3. The molecule has 0 radical (unpaired) electrons. The average Bonchev–Trinajstić information content (AvgIpc) is 2.97. The van der Waals surface area contributed by atoms with Crippen LogP contribution in [0.25, 0.3) is 0 Å². The predicted molar refractivity (Wildman–Crippen MR) is 104 cm³/mol. The number of carbonyl (C=O) groups excluding carboxylic acids is 2. The molecule has 0 bridgehead atoms. The first-order valence-electron chi connectivity index (χ1n) is 9.01. The van der Waals surface area contributed by atoms with Crippen LogP contribution in [-0.2, 0) is 19.4 Å². The lowest BCUT2D eigenvalue weighted by Crippen LogP contribution is -2.38. The maximum absolute atomic E-state index is 12.3. The van der Waals surface area contributed by atoms with Crippen LogP contribution in [0.4, 0.5) is 0 Å². The summed E-state index contributed by atoms with van der Waals surface area (Å²) in [7, 11) is -3.10. The average molecular weight is 434 g/mol. The van der Waals surface area contributed by atoms with Crippen LogP contribution in [0.5, 0.6) is 11.5 Å². The minimum atomic E-state index is -3.10. The summed E-state index contributed by atoms with van der Waals surface area (Å²) in [6.07, 6.45) is 1.14. The molecular weight excluding hydrogens is 410 g/mol. The van der Waals surface area contributed by atoms with Crippen LogP contribution in [0.15, 0.2) is 12.1 Å².